The molecular formula is C14H22N2O. The normalized spacial score (nSPS) is 17.5. The van der Waals surface area contributed by atoms with Gasteiger partial charge in [0.2, 0.25) is 0 Å². The van der Waals surface area contributed by atoms with E-state index >= 15 is 0 Å². The fourth-order valence-corrected chi connectivity index (χ4v) is 2.54. The second-order valence-electron chi connectivity index (χ2n) is 5.05. The Hall–Kier alpha value is -1.06. The fraction of sp³-hybridized carbons (Fsp3) is 0.571. The van der Waals surface area contributed by atoms with Crippen molar-refractivity contribution < 1.29 is 4.84 Å². The highest BCUT2D eigenvalue weighted by Crippen LogP contribution is 2.26. The molecular weight excluding hydrogens is 212 g/mol. The molecule has 2 rings (SSSR count). The van der Waals surface area contributed by atoms with Crippen LogP contribution < -0.4 is 10.8 Å². The van der Waals surface area contributed by atoms with Crippen LogP contribution in [0, 0.1) is 19.8 Å². The lowest BCUT2D eigenvalue weighted by atomic mass is 9.96. The van der Waals surface area contributed by atoms with E-state index in [2.05, 4.69) is 36.9 Å². The molecule has 1 aromatic carbocycles. The Morgan fingerprint density at radius 3 is 2.65 bits per heavy atom. The highest BCUT2D eigenvalue weighted by atomic mass is 16.6. The van der Waals surface area contributed by atoms with E-state index in [-0.39, 0.29) is 0 Å². The molecule has 0 spiro atoms. The lowest BCUT2D eigenvalue weighted by Gasteiger charge is -2.34. The minimum Gasteiger partial charge on any atom is -0.371 e. The zero-order valence-electron chi connectivity index (χ0n) is 10.8. The maximum absolute atomic E-state index is 5.14. The summed E-state index contributed by atoms with van der Waals surface area (Å²) in [5, 5.41) is 0. The van der Waals surface area contributed by atoms with E-state index in [0.717, 1.165) is 13.1 Å². The molecule has 3 heteroatoms. The number of nitrogens with zero attached hydrogens (tertiary/aromatic N) is 1. The molecule has 17 heavy (non-hydrogen) atoms. The summed E-state index contributed by atoms with van der Waals surface area (Å²) in [5.41, 5.74) is 4.08. The number of aryl methyl sites for hydroxylation is 2. The van der Waals surface area contributed by atoms with E-state index in [0.29, 0.717) is 12.5 Å². The molecule has 0 bridgehead atoms. The van der Waals surface area contributed by atoms with Crippen molar-refractivity contribution >= 4 is 5.69 Å². The van der Waals surface area contributed by atoms with Gasteiger partial charge in [0, 0.05) is 18.8 Å². The van der Waals surface area contributed by atoms with E-state index in [1.807, 2.05) is 0 Å². The first-order chi connectivity index (χ1) is 8.20. The van der Waals surface area contributed by atoms with Crippen molar-refractivity contribution in [1.29, 1.82) is 0 Å². The molecule has 1 aliphatic rings. The zero-order valence-corrected chi connectivity index (χ0v) is 10.8. The predicted molar refractivity (Wildman–Crippen MR) is 71.0 cm³/mol. The molecule has 1 fully saturated rings. The Labute approximate surface area is 104 Å². The summed E-state index contributed by atoms with van der Waals surface area (Å²) in [6.45, 7) is 7.25. The van der Waals surface area contributed by atoms with Crippen LogP contribution in [-0.2, 0) is 4.84 Å². The summed E-state index contributed by atoms with van der Waals surface area (Å²) in [6, 6.07) is 6.67. The van der Waals surface area contributed by atoms with Crippen LogP contribution in [0.5, 0.6) is 0 Å². The highest BCUT2D eigenvalue weighted by Gasteiger charge is 2.20. The van der Waals surface area contributed by atoms with Crippen molar-refractivity contribution in [3.05, 3.63) is 29.3 Å². The molecule has 94 valence electrons. The molecule has 1 aliphatic heterocycles. The Morgan fingerprint density at radius 2 is 2.00 bits per heavy atom. The standard InChI is InChI=1S/C14H22N2O/c1-11-3-4-12(2)14(9-11)16-7-5-13(6-8-16)10-17-15/h3-4,9,13H,5-8,10,15H2,1-2H3. The Balaban J connectivity index is 2.02. The Kier molecular flexibility index (Phi) is 4.02. The molecule has 2 N–H and O–H groups in total. The molecule has 0 saturated carbocycles. The van der Waals surface area contributed by atoms with Crippen molar-refractivity contribution in [3.8, 4) is 0 Å². The van der Waals surface area contributed by atoms with E-state index in [9.17, 15) is 0 Å². The molecule has 0 atom stereocenters. The van der Waals surface area contributed by atoms with Crippen LogP contribution >= 0.6 is 0 Å². The average Bonchev–Trinajstić information content (AvgIpc) is 2.34. The summed E-state index contributed by atoms with van der Waals surface area (Å²) in [6.07, 6.45) is 2.34. The quantitative estimate of drug-likeness (QED) is 0.816. The van der Waals surface area contributed by atoms with E-state index in [1.54, 1.807) is 0 Å². The summed E-state index contributed by atoms with van der Waals surface area (Å²) in [4.78, 5) is 7.23. The maximum Gasteiger partial charge on any atom is 0.0708 e. The van der Waals surface area contributed by atoms with Gasteiger partial charge in [-0.05, 0) is 49.8 Å². The van der Waals surface area contributed by atoms with Gasteiger partial charge in [0.1, 0.15) is 0 Å². The van der Waals surface area contributed by atoms with Crippen LogP contribution in [0.25, 0.3) is 0 Å². The number of nitrogens with two attached hydrogens (primary N) is 1. The Bertz CT molecular complexity index is 370. The van der Waals surface area contributed by atoms with Gasteiger partial charge >= 0.3 is 0 Å². The number of anilines is 1. The number of benzene rings is 1. The molecule has 1 aromatic rings. The fourth-order valence-electron chi connectivity index (χ4n) is 2.54. The van der Waals surface area contributed by atoms with Gasteiger partial charge in [-0.15, -0.1) is 0 Å². The summed E-state index contributed by atoms with van der Waals surface area (Å²) < 4.78 is 0. The van der Waals surface area contributed by atoms with Gasteiger partial charge in [-0.3, -0.25) is 0 Å². The van der Waals surface area contributed by atoms with Crippen molar-refractivity contribution in [2.75, 3.05) is 24.6 Å². The second-order valence-corrected chi connectivity index (χ2v) is 5.05. The van der Waals surface area contributed by atoms with Gasteiger partial charge in [-0.2, -0.15) is 0 Å². The largest absolute Gasteiger partial charge is 0.371 e. The van der Waals surface area contributed by atoms with Crippen molar-refractivity contribution in [1.82, 2.24) is 0 Å². The zero-order chi connectivity index (χ0) is 12.3. The first-order valence-electron chi connectivity index (χ1n) is 6.34. The van der Waals surface area contributed by atoms with Gasteiger partial charge in [0.15, 0.2) is 0 Å². The maximum atomic E-state index is 5.14. The lowest BCUT2D eigenvalue weighted by molar-refractivity contribution is 0.0918. The van der Waals surface area contributed by atoms with Gasteiger partial charge in [-0.25, -0.2) is 5.90 Å². The first-order valence-corrected chi connectivity index (χ1v) is 6.34. The summed E-state index contributed by atoms with van der Waals surface area (Å²) >= 11 is 0. The molecule has 3 nitrogen and oxygen atoms in total. The van der Waals surface area contributed by atoms with Gasteiger partial charge in [-0.1, -0.05) is 12.1 Å². The molecule has 1 heterocycles. The first kappa shape index (κ1) is 12.4. The molecule has 0 unspecified atom stereocenters. The van der Waals surface area contributed by atoms with Crippen molar-refractivity contribution in [3.63, 3.8) is 0 Å². The van der Waals surface area contributed by atoms with Crippen molar-refractivity contribution in [2.45, 2.75) is 26.7 Å². The van der Waals surface area contributed by atoms with E-state index in [1.165, 1.54) is 29.7 Å². The van der Waals surface area contributed by atoms with E-state index in [4.69, 9.17) is 10.7 Å². The topological polar surface area (TPSA) is 38.5 Å². The van der Waals surface area contributed by atoms with Crippen LogP contribution in [0.1, 0.15) is 24.0 Å². The van der Waals surface area contributed by atoms with E-state index < -0.39 is 0 Å². The minimum absolute atomic E-state index is 0.626. The van der Waals surface area contributed by atoms with Crippen LogP contribution in [0.4, 0.5) is 5.69 Å². The van der Waals surface area contributed by atoms with Crippen LogP contribution in [-0.4, -0.2) is 19.7 Å². The number of hydrogen-bond acceptors (Lipinski definition) is 3. The summed E-state index contributed by atoms with van der Waals surface area (Å²) in [7, 11) is 0. The number of hydrogen-bond donors (Lipinski definition) is 1. The van der Waals surface area contributed by atoms with Gasteiger partial charge in [0.05, 0.1) is 6.61 Å². The smallest absolute Gasteiger partial charge is 0.0708 e. The van der Waals surface area contributed by atoms with Gasteiger partial charge in [0.25, 0.3) is 0 Å². The predicted octanol–water partition coefficient (Wildman–Crippen LogP) is 2.41. The van der Waals surface area contributed by atoms with Crippen molar-refractivity contribution in [2.24, 2.45) is 11.8 Å². The molecule has 0 radical (unpaired) electrons. The summed E-state index contributed by atoms with van der Waals surface area (Å²) in [5.74, 6) is 5.76. The molecule has 0 aliphatic carbocycles. The third-order valence-electron chi connectivity index (χ3n) is 3.65. The van der Waals surface area contributed by atoms with Crippen LogP contribution in [0.15, 0.2) is 18.2 Å². The number of piperidine rings is 1. The minimum atomic E-state index is 0.626. The third-order valence-corrected chi connectivity index (χ3v) is 3.65. The Morgan fingerprint density at radius 1 is 1.29 bits per heavy atom. The molecule has 1 saturated heterocycles. The average molecular weight is 234 g/mol. The number of rotatable bonds is 3. The third kappa shape index (κ3) is 2.99. The monoisotopic (exact) mass is 234 g/mol. The lowest BCUT2D eigenvalue weighted by Crippen LogP contribution is -2.35. The molecule has 0 aromatic heterocycles. The SMILES string of the molecule is Cc1ccc(C)c(N2CCC(CON)CC2)c1. The van der Waals surface area contributed by atoms with Crippen LogP contribution in [0.3, 0.4) is 0 Å². The highest BCUT2D eigenvalue weighted by molar-refractivity contribution is 5.55. The molecule has 0 amide bonds. The second kappa shape index (κ2) is 5.52. The van der Waals surface area contributed by atoms with Gasteiger partial charge < -0.3 is 9.74 Å². The van der Waals surface area contributed by atoms with Crippen LogP contribution in [0.2, 0.25) is 0 Å².